The van der Waals surface area contributed by atoms with Gasteiger partial charge in [-0.05, 0) is 24.0 Å². The van der Waals surface area contributed by atoms with Crippen molar-refractivity contribution < 1.29 is 0 Å². The fraction of sp³-hybridized carbons (Fsp3) is 0.733. The molecule has 1 aromatic heterocycles. The predicted molar refractivity (Wildman–Crippen MR) is 78.1 cm³/mol. The van der Waals surface area contributed by atoms with Crippen LogP contribution in [0.4, 0.5) is 0 Å². The summed E-state index contributed by atoms with van der Waals surface area (Å²) in [5.74, 6) is 1.48. The van der Waals surface area contributed by atoms with E-state index in [9.17, 15) is 0 Å². The van der Waals surface area contributed by atoms with E-state index in [4.69, 9.17) is 0 Å². The van der Waals surface area contributed by atoms with Gasteiger partial charge in [-0.1, -0.05) is 55.9 Å². The van der Waals surface area contributed by atoms with Crippen LogP contribution in [-0.2, 0) is 7.05 Å². The number of rotatable bonds is 1. The molecule has 0 aliphatic carbocycles. The SMILES string of the molecule is C.CC.CC(C)C.CC(C)c1cccn1C. The number of aryl methyl sites for hydroxylation is 1. The van der Waals surface area contributed by atoms with Gasteiger partial charge >= 0.3 is 0 Å². The smallest absolute Gasteiger partial charge is 0.0197 e. The average Bonchev–Trinajstić information content (AvgIpc) is 2.54. The first-order chi connectivity index (χ1) is 6.95. The maximum Gasteiger partial charge on any atom is 0.0197 e. The van der Waals surface area contributed by atoms with Gasteiger partial charge in [-0.25, -0.2) is 0 Å². The Morgan fingerprint density at radius 3 is 1.50 bits per heavy atom. The lowest BCUT2D eigenvalue weighted by Crippen LogP contribution is -1.95. The molecule has 0 amide bonds. The van der Waals surface area contributed by atoms with Crippen LogP contribution < -0.4 is 0 Å². The van der Waals surface area contributed by atoms with Crippen LogP contribution in [0, 0.1) is 5.92 Å². The van der Waals surface area contributed by atoms with E-state index in [0.717, 1.165) is 5.92 Å². The van der Waals surface area contributed by atoms with Crippen LogP contribution in [0.5, 0.6) is 0 Å². The van der Waals surface area contributed by atoms with Gasteiger partial charge in [0, 0.05) is 18.9 Å². The van der Waals surface area contributed by atoms with E-state index in [2.05, 4.69) is 64.6 Å². The van der Waals surface area contributed by atoms with Crippen molar-refractivity contribution in [2.45, 2.75) is 61.8 Å². The van der Waals surface area contributed by atoms with Crippen LogP contribution in [-0.4, -0.2) is 4.57 Å². The van der Waals surface area contributed by atoms with E-state index in [1.165, 1.54) is 5.69 Å². The van der Waals surface area contributed by atoms with E-state index < -0.39 is 0 Å². The van der Waals surface area contributed by atoms with Crippen LogP contribution >= 0.6 is 0 Å². The predicted octanol–water partition coefficient (Wildman–Crippen LogP) is 5.47. The van der Waals surface area contributed by atoms with Crippen molar-refractivity contribution in [3.8, 4) is 0 Å². The van der Waals surface area contributed by atoms with Gasteiger partial charge in [0.2, 0.25) is 0 Å². The number of hydrogen-bond acceptors (Lipinski definition) is 0. The molecule has 1 aromatic rings. The molecule has 0 aromatic carbocycles. The van der Waals surface area contributed by atoms with Crippen molar-refractivity contribution in [2.24, 2.45) is 13.0 Å². The zero-order valence-corrected chi connectivity index (χ0v) is 11.8. The van der Waals surface area contributed by atoms with E-state index in [1.807, 2.05) is 13.8 Å². The van der Waals surface area contributed by atoms with E-state index in [1.54, 1.807) is 0 Å². The minimum atomic E-state index is 0. The molecule has 0 radical (unpaired) electrons. The van der Waals surface area contributed by atoms with Crippen molar-refractivity contribution >= 4 is 0 Å². The lowest BCUT2D eigenvalue weighted by molar-refractivity contribution is 0.737. The van der Waals surface area contributed by atoms with Gasteiger partial charge in [0.1, 0.15) is 0 Å². The zero-order valence-electron chi connectivity index (χ0n) is 11.8. The molecule has 0 saturated heterocycles. The minimum Gasteiger partial charge on any atom is -0.354 e. The van der Waals surface area contributed by atoms with Crippen LogP contribution in [0.3, 0.4) is 0 Å². The average molecular weight is 227 g/mol. The summed E-state index contributed by atoms with van der Waals surface area (Å²) in [6.45, 7) is 14.9. The van der Waals surface area contributed by atoms with Crippen molar-refractivity contribution in [1.82, 2.24) is 4.57 Å². The molecular formula is C15H33N. The normalized spacial score (nSPS) is 8.62. The number of aromatic nitrogens is 1. The molecule has 1 heteroatoms. The van der Waals surface area contributed by atoms with E-state index in [-0.39, 0.29) is 7.43 Å². The third-order valence-electron chi connectivity index (χ3n) is 1.58. The largest absolute Gasteiger partial charge is 0.354 e. The van der Waals surface area contributed by atoms with E-state index in [0.29, 0.717) is 5.92 Å². The Balaban J connectivity index is -0.000000209. The Kier molecular flexibility index (Phi) is 15.9. The third kappa shape index (κ3) is 11.4. The van der Waals surface area contributed by atoms with Gasteiger partial charge in [-0.2, -0.15) is 0 Å². The van der Waals surface area contributed by atoms with E-state index >= 15 is 0 Å². The lowest BCUT2D eigenvalue weighted by atomic mass is 10.1. The summed E-state index contributed by atoms with van der Waals surface area (Å²) in [6.07, 6.45) is 2.08. The lowest BCUT2D eigenvalue weighted by Gasteiger charge is -2.04. The maximum absolute atomic E-state index is 2.20. The van der Waals surface area contributed by atoms with Gasteiger partial charge in [0.25, 0.3) is 0 Å². The fourth-order valence-corrected chi connectivity index (χ4v) is 1.07. The third-order valence-corrected chi connectivity index (χ3v) is 1.58. The molecule has 0 saturated carbocycles. The van der Waals surface area contributed by atoms with Crippen LogP contribution in [0.15, 0.2) is 18.3 Å². The van der Waals surface area contributed by atoms with Crippen molar-refractivity contribution in [1.29, 1.82) is 0 Å². The van der Waals surface area contributed by atoms with Crippen molar-refractivity contribution in [3.05, 3.63) is 24.0 Å². The first-order valence-electron chi connectivity index (χ1n) is 6.06. The highest BCUT2D eigenvalue weighted by atomic mass is 14.9. The number of nitrogens with zero attached hydrogens (tertiary/aromatic N) is 1. The Hall–Kier alpha value is -0.720. The Labute approximate surface area is 104 Å². The van der Waals surface area contributed by atoms with Gasteiger partial charge in [-0.3, -0.25) is 0 Å². The molecule has 0 aliphatic rings. The van der Waals surface area contributed by atoms with Gasteiger partial charge in [-0.15, -0.1) is 0 Å². The van der Waals surface area contributed by atoms with Gasteiger partial charge in [0.15, 0.2) is 0 Å². The molecule has 0 bridgehead atoms. The molecule has 0 fully saturated rings. The Bertz CT molecular complexity index is 218. The molecular weight excluding hydrogens is 194 g/mol. The first-order valence-corrected chi connectivity index (χ1v) is 6.06. The van der Waals surface area contributed by atoms with Crippen LogP contribution in [0.2, 0.25) is 0 Å². The minimum absolute atomic E-state index is 0. The highest BCUT2D eigenvalue weighted by Gasteiger charge is 1.99. The summed E-state index contributed by atoms with van der Waals surface area (Å²) in [7, 11) is 2.08. The van der Waals surface area contributed by atoms with Gasteiger partial charge in [0.05, 0.1) is 0 Å². The molecule has 1 heterocycles. The topological polar surface area (TPSA) is 4.93 Å². The highest BCUT2D eigenvalue weighted by Crippen LogP contribution is 2.12. The molecule has 1 nitrogen and oxygen atoms in total. The summed E-state index contributed by atoms with van der Waals surface area (Å²) in [5.41, 5.74) is 1.40. The summed E-state index contributed by atoms with van der Waals surface area (Å²) in [5, 5.41) is 0. The van der Waals surface area contributed by atoms with Crippen molar-refractivity contribution in [3.63, 3.8) is 0 Å². The van der Waals surface area contributed by atoms with Crippen molar-refractivity contribution in [2.75, 3.05) is 0 Å². The second-order valence-electron chi connectivity index (χ2n) is 4.43. The van der Waals surface area contributed by atoms with Crippen LogP contribution in [0.25, 0.3) is 0 Å². The molecule has 0 N–H and O–H groups in total. The molecule has 16 heavy (non-hydrogen) atoms. The monoisotopic (exact) mass is 227 g/mol. The molecule has 98 valence electrons. The van der Waals surface area contributed by atoms with Crippen LogP contribution in [0.1, 0.15) is 67.5 Å². The summed E-state index contributed by atoms with van der Waals surface area (Å²) >= 11 is 0. The summed E-state index contributed by atoms with van der Waals surface area (Å²) < 4.78 is 2.16. The number of hydrogen-bond donors (Lipinski definition) is 0. The second-order valence-corrected chi connectivity index (χ2v) is 4.43. The molecule has 0 atom stereocenters. The maximum atomic E-state index is 2.20. The second kappa shape index (κ2) is 12.4. The zero-order chi connectivity index (χ0) is 12.4. The molecule has 0 aliphatic heterocycles. The molecule has 0 spiro atoms. The summed E-state index contributed by atoms with van der Waals surface area (Å²) in [6, 6.07) is 4.24. The van der Waals surface area contributed by atoms with Gasteiger partial charge < -0.3 is 4.57 Å². The summed E-state index contributed by atoms with van der Waals surface area (Å²) in [4.78, 5) is 0. The molecule has 1 rings (SSSR count). The quantitative estimate of drug-likeness (QED) is 0.599. The highest BCUT2D eigenvalue weighted by molar-refractivity contribution is 5.09. The Morgan fingerprint density at radius 2 is 1.38 bits per heavy atom. The fourth-order valence-electron chi connectivity index (χ4n) is 1.07. The first kappa shape index (κ1) is 20.7. The Morgan fingerprint density at radius 1 is 1.00 bits per heavy atom. The molecule has 0 unspecified atom stereocenters. The standard InChI is InChI=1S/C8H13N.C4H10.C2H6.CH4/c1-7(2)8-5-4-6-9(8)3;1-4(2)3;1-2;/h4-7H,1-3H3;4H,1-3H3;1-2H3;1H4.